The summed E-state index contributed by atoms with van der Waals surface area (Å²) in [6, 6.07) is 3.55. The highest BCUT2D eigenvalue weighted by Gasteiger charge is 2.20. The van der Waals surface area contributed by atoms with Crippen molar-refractivity contribution < 1.29 is 4.79 Å². The smallest absolute Gasteiger partial charge is 0.289 e. The number of anilines is 1. The minimum atomic E-state index is -0.331. The first-order valence-electron chi connectivity index (χ1n) is 8.88. The monoisotopic (exact) mass is 356 g/mol. The van der Waals surface area contributed by atoms with E-state index in [1.807, 2.05) is 31.5 Å². The Morgan fingerprint density at radius 1 is 1.19 bits per heavy atom. The third kappa shape index (κ3) is 2.91. The van der Waals surface area contributed by atoms with Crippen LogP contribution in [-0.2, 0) is 7.05 Å². The van der Waals surface area contributed by atoms with Crippen LogP contribution >= 0.6 is 0 Å². The number of benzene rings is 1. The third-order valence-corrected chi connectivity index (χ3v) is 4.41. The summed E-state index contributed by atoms with van der Waals surface area (Å²) in [4.78, 5) is 38.8. The van der Waals surface area contributed by atoms with Gasteiger partial charge in [0.25, 0.3) is 11.5 Å². The third-order valence-electron chi connectivity index (χ3n) is 4.41. The Hall–Kier alpha value is -2.90. The molecule has 138 valence electrons. The molecule has 0 aliphatic carbocycles. The molecule has 0 saturated carbocycles. The number of carbonyl (C=O) groups excluding carboxylic acids is 1. The second kappa shape index (κ2) is 7.15. The summed E-state index contributed by atoms with van der Waals surface area (Å²) in [6.45, 7) is 5.32. The summed E-state index contributed by atoms with van der Waals surface area (Å²) in [5.41, 5.74) is 1.55. The molecular weight excluding hydrogens is 332 g/mol. The number of aromatic amines is 1. The molecule has 0 spiro atoms. The number of imidazole rings is 1. The molecule has 0 saturated heterocycles. The second-order valence-corrected chi connectivity index (χ2v) is 6.28. The van der Waals surface area contributed by atoms with Gasteiger partial charge in [-0.05, 0) is 25.0 Å². The Kier molecular flexibility index (Phi) is 4.92. The zero-order valence-electron chi connectivity index (χ0n) is 15.6. The Morgan fingerprint density at radius 2 is 1.85 bits per heavy atom. The van der Waals surface area contributed by atoms with Crippen molar-refractivity contribution in [3.05, 3.63) is 28.3 Å². The molecule has 0 aliphatic rings. The van der Waals surface area contributed by atoms with Crippen LogP contribution in [0.2, 0.25) is 0 Å². The number of nitrogens with one attached hydrogen (secondary N) is 2. The number of aromatic nitrogens is 4. The number of aryl methyl sites for hydroxylation is 1. The maximum absolute atomic E-state index is 12.8. The predicted octanol–water partition coefficient (Wildman–Crippen LogP) is 2.11. The highest BCUT2D eigenvalue weighted by atomic mass is 16.2. The van der Waals surface area contributed by atoms with Crippen LogP contribution in [0, 0.1) is 0 Å². The van der Waals surface area contributed by atoms with Gasteiger partial charge in [-0.3, -0.25) is 9.59 Å². The minimum Gasteiger partial charge on any atom is -0.359 e. The number of carbonyl (C=O) groups is 1. The Labute approximate surface area is 151 Å². The average Bonchev–Trinajstić information content (AvgIpc) is 2.96. The average molecular weight is 356 g/mol. The van der Waals surface area contributed by atoms with E-state index in [0.717, 1.165) is 12.8 Å². The Bertz CT molecular complexity index is 1010. The molecule has 3 aromatic rings. The van der Waals surface area contributed by atoms with Crippen LogP contribution in [0.15, 0.2) is 16.9 Å². The summed E-state index contributed by atoms with van der Waals surface area (Å²) < 4.78 is 1.82. The van der Waals surface area contributed by atoms with Crippen LogP contribution in [0.4, 0.5) is 5.95 Å². The molecule has 0 radical (unpaired) electrons. The van der Waals surface area contributed by atoms with E-state index in [2.05, 4.69) is 20.3 Å². The lowest BCUT2D eigenvalue weighted by molar-refractivity contribution is 0.0743. The van der Waals surface area contributed by atoms with Gasteiger partial charge in [0.1, 0.15) is 0 Å². The lowest BCUT2D eigenvalue weighted by Crippen LogP contribution is -2.35. The minimum absolute atomic E-state index is 0.0831. The van der Waals surface area contributed by atoms with Crippen molar-refractivity contribution in [2.75, 3.05) is 25.5 Å². The summed E-state index contributed by atoms with van der Waals surface area (Å²) >= 11 is 0. The standard InChI is InChI=1S/C18H24N6O2/c1-5-9-24(10-6-2)17(26)15-20-11-7-8-12-14(13(11)16(25)22-15)23(4)18(19-3)21-12/h7-8H,5-6,9-10H2,1-4H3,(H,19,21)(H,20,22,25). The zero-order chi connectivity index (χ0) is 18.8. The molecule has 0 fully saturated rings. The van der Waals surface area contributed by atoms with Crippen molar-refractivity contribution in [2.24, 2.45) is 7.05 Å². The van der Waals surface area contributed by atoms with Crippen LogP contribution in [-0.4, -0.2) is 50.5 Å². The zero-order valence-corrected chi connectivity index (χ0v) is 15.6. The molecule has 3 rings (SSSR count). The lowest BCUT2D eigenvalue weighted by atomic mass is 10.2. The van der Waals surface area contributed by atoms with Crippen molar-refractivity contribution in [3.63, 3.8) is 0 Å². The van der Waals surface area contributed by atoms with Gasteiger partial charge in [0, 0.05) is 27.2 Å². The lowest BCUT2D eigenvalue weighted by Gasteiger charge is -2.20. The second-order valence-electron chi connectivity index (χ2n) is 6.28. The number of fused-ring (bicyclic) bond motifs is 3. The molecule has 0 bridgehead atoms. The Morgan fingerprint density at radius 3 is 2.46 bits per heavy atom. The molecule has 0 aliphatic heterocycles. The largest absolute Gasteiger partial charge is 0.359 e. The summed E-state index contributed by atoms with van der Waals surface area (Å²) in [6.07, 6.45) is 1.71. The molecular formula is C18H24N6O2. The van der Waals surface area contributed by atoms with E-state index in [9.17, 15) is 9.59 Å². The number of hydrogen-bond acceptors (Lipinski definition) is 5. The van der Waals surface area contributed by atoms with Gasteiger partial charge in [0.2, 0.25) is 5.95 Å². The fourth-order valence-corrected chi connectivity index (χ4v) is 3.26. The quantitative estimate of drug-likeness (QED) is 0.705. The van der Waals surface area contributed by atoms with E-state index in [-0.39, 0.29) is 17.3 Å². The molecule has 2 N–H and O–H groups in total. The number of hydrogen-bond donors (Lipinski definition) is 2. The number of amides is 1. The van der Waals surface area contributed by atoms with Gasteiger partial charge in [0.05, 0.1) is 21.9 Å². The Balaban J connectivity index is 2.17. The van der Waals surface area contributed by atoms with Crippen LogP contribution < -0.4 is 10.9 Å². The highest BCUT2D eigenvalue weighted by molar-refractivity contribution is 6.04. The van der Waals surface area contributed by atoms with E-state index in [1.54, 1.807) is 18.0 Å². The normalized spacial score (nSPS) is 11.2. The molecule has 0 unspecified atom stereocenters. The van der Waals surface area contributed by atoms with Gasteiger partial charge < -0.3 is 19.8 Å². The van der Waals surface area contributed by atoms with Crippen LogP contribution in [0.25, 0.3) is 21.9 Å². The van der Waals surface area contributed by atoms with E-state index in [4.69, 9.17) is 0 Å². The number of nitrogens with zero attached hydrogens (tertiary/aromatic N) is 4. The molecule has 2 heterocycles. The van der Waals surface area contributed by atoms with Crippen LogP contribution in [0.5, 0.6) is 0 Å². The van der Waals surface area contributed by atoms with Gasteiger partial charge in [-0.1, -0.05) is 13.8 Å². The van der Waals surface area contributed by atoms with Crippen molar-refractivity contribution in [1.29, 1.82) is 0 Å². The molecule has 26 heavy (non-hydrogen) atoms. The summed E-state index contributed by atoms with van der Waals surface area (Å²) in [5, 5.41) is 3.44. The van der Waals surface area contributed by atoms with E-state index < -0.39 is 0 Å². The molecule has 8 nitrogen and oxygen atoms in total. The van der Waals surface area contributed by atoms with E-state index in [0.29, 0.717) is 41.0 Å². The first kappa shape index (κ1) is 17.9. The van der Waals surface area contributed by atoms with E-state index >= 15 is 0 Å². The highest BCUT2D eigenvalue weighted by Crippen LogP contribution is 2.24. The molecule has 1 aromatic carbocycles. The molecule has 2 aromatic heterocycles. The van der Waals surface area contributed by atoms with Crippen LogP contribution in [0.1, 0.15) is 37.3 Å². The SMILES string of the molecule is CCCN(CCC)C(=O)c1nc2ccc3nc(NC)n(C)c3c2c(=O)[nH]1. The summed E-state index contributed by atoms with van der Waals surface area (Å²) in [7, 11) is 3.61. The summed E-state index contributed by atoms with van der Waals surface area (Å²) in [5.74, 6) is 0.498. The van der Waals surface area contributed by atoms with Gasteiger partial charge in [0.15, 0.2) is 5.82 Å². The van der Waals surface area contributed by atoms with Crippen molar-refractivity contribution in [1.82, 2.24) is 24.4 Å². The van der Waals surface area contributed by atoms with Crippen molar-refractivity contribution >= 4 is 33.8 Å². The first-order chi connectivity index (χ1) is 12.5. The first-order valence-corrected chi connectivity index (χ1v) is 8.88. The number of H-pyrrole nitrogens is 1. The van der Waals surface area contributed by atoms with Crippen molar-refractivity contribution in [2.45, 2.75) is 26.7 Å². The number of rotatable bonds is 6. The van der Waals surface area contributed by atoms with Gasteiger partial charge in [-0.2, -0.15) is 0 Å². The van der Waals surface area contributed by atoms with Gasteiger partial charge in [-0.25, -0.2) is 9.97 Å². The maximum atomic E-state index is 12.8. The molecule has 8 heteroatoms. The molecule has 0 atom stereocenters. The van der Waals surface area contributed by atoms with Crippen molar-refractivity contribution in [3.8, 4) is 0 Å². The topological polar surface area (TPSA) is 95.9 Å². The maximum Gasteiger partial charge on any atom is 0.289 e. The predicted molar refractivity (Wildman–Crippen MR) is 103 cm³/mol. The van der Waals surface area contributed by atoms with Gasteiger partial charge in [-0.15, -0.1) is 0 Å². The molecule has 1 amide bonds. The fraction of sp³-hybridized carbons (Fsp3) is 0.444. The van der Waals surface area contributed by atoms with E-state index in [1.165, 1.54) is 0 Å². The fourth-order valence-electron chi connectivity index (χ4n) is 3.26. The van der Waals surface area contributed by atoms with Crippen LogP contribution in [0.3, 0.4) is 0 Å². The van der Waals surface area contributed by atoms with Gasteiger partial charge >= 0.3 is 0 Å².